The highest BCUT2D eigenvalue weighted by Crippen LogP contribution is 2.16. The number of aliphatic carboxylic acids is 1. The third kappa shape index (κ3) is 7.43. The van der Waals surface area contributed by atoms with Crippen LogP contribution < -0.4 is 9.46 Å². The van der Waals surface area contributed by atoms with Crippen LogP contribution in [0.3, 0.4) is 0 Å². The van der Waals surface area contributed by atoms with Gasteiger partial charge in [0, 0.05) is 0 Å². The maximum absolute atomic E-state index is 12.8. The molecular formula is C25H26N2O6S. The van der Waals surface area contributed by atoms with Crippen molar-refractivity contribution in [3.63, 3.8) is 0 Å². The van der Waals surface area contributed by atoms with E-state index in [0.29, 0.717) is 5.75 Å². The molecule has 178 valence electrons. The van der Waals surface area contributed by atoms with Gasteiger partial charge in [0.1, 0.15) is 18.4 Å². The Morgan fingerprint density at radius 2 is 1.53 bits per heavy atom. The standard InChI is InChI=1S/C25H26N2O6S/c1-32-21-12-14-22(15-13-21)34(30,31)27-23(25(28)29)16-24(26-17-19-8-4-2-5-9-19)33-18-20-10-6-3-7-11-20/h2-15,23,27H,16-18H2,1H3,(H,28,29)/t23-/m1/s1. The summed E-state index contributed by atoms with van der Waals surface area (Å²) in [7, 11) is -2.64. The monoisotopic (exact) mass is 482 g/mol. The second kappa shape index (κ2) is 12.0. The number of nitrogens with zero attached hydrogens (tertiary/aromatic N) is 1. The predicted molar refractivity (Wildman–Crippen MR) is 128 cm³/mol. The number of sulfonamides is 1. The third-order valence-electron chi connectivity index (χ3n) is 4.87. The predicted octanol–water partition coefficient (Wildman–Crippen LogP) is 3.63. The lowest BCUT2D eigenvalue weighted by Crippen LogP contribution is -2.42. The Bertz CT molecular complexity index is 1200. The van der Waals surface area contributed by atoms with Gasteiger partial charge in [0.05, 0.1) is 25.0 Å². The Labute approximate surface area is 198 Å². The maximum atomic E-state index is 12.8. The van der Waals surface area contributed by atoms with Crippen LogP contribution in [0.5, 0.6) is 5.75 Å². The largest absolute Gasteiger partial charge is 0.497 e. The molecule has 0 unspecified atom stereocenters. The molecule has 1 atom stereocenters. The van der Waals surface area contributed by atoms with Crippen molar-refractivity contribution in [1.82, 2.24) is 4.72 Å². The fourth-order valence-electron chi connectivity index (χ4n) is 3.04. The van der Waals surface area contributed by atoms with Crippen molar-refractivity contribution in [2.75, 3.05) is 7.11 Å². The summed E-state index contributed by atoms with van der Waals surface area (Å²) in [4.78, 5) is 16.3. The Hall–Kier alpha value is -3.69. The molecule has 9 heteroatoms. The van der Waals surface area contributed by atoms with Crippen LogP contribution in [-0.4, -0.2) is 38.5 Å². The quantitative estimate of drug-likeness (QED) is 0.319. The Balaban J connectivity index is 1.78. The van der Waals surface area contributed by atoms with Crippen molar-refractivity contribution in [3.8, 4) is 5.75 Å². The van der Waals surface area contributed by atoms with E-state index in [2.05, 4.69) is 9.71 Å². The van der Waals surface area contributed by atoms with Gasteiger partial charge in [-0.2, -0.15) is 4.72 Å². The van der Waals surface area contributed by atoms with Crippen LogP contribution in [0, 0.1) is 0 Å². The van der Waals surface area contributed by atoms with Gasteiger partial charge in [0.2, 0.25) is 10.0 Å². The highest BCUT2D eigenvalue weighted by Gasteiger charge is 2.27. The molecule has 2 N–H and O–H groups in total. The molecule has 0 spiro atoms. The number of rotatable bonds is 11. The lowest BCUT2D eigenvalue weighted by atomic mass is 10.2. The number of carboxylic acid groups (broad SMARTS) is 1. The number of carboxylic acids is 1. The van der Waals surface area contributed by atoms with E-state index in [1.54, 1.807) is 0 Å². The normalized spacial score (nSPS) is 12.7. The highest BCUT2D eigenvalue weighted by molar-refractivity contribution is 7.89. The molecule has 0 fully saturated rings. The molecule has 3 rings (SSSR count). The summed E-state index contributed by atoms with van der Waals surface area (Å²) < 4.78 is 38.7. The average Bonchev–Trinajstić information content (AvgIpc) is 2.86. The summed E-state index contributed by atoms with van der Waals surface area (Å²) in [6.45, 7) is 0.439. The molecule has 0 aliphatic carbocycles. The van der Waals surface area contributed by atoms with Gasteiger partial charge < -0.3 is 14.6 Å². The fourth-order valence-corrected chi connectivity index (χ4v) is 4.23. The number of hydrogen-bond donors (Lipinski definition) is 2. The highest BCUT2D eigenvalue weighted by atomic mass is 32.2. The van der Waals surface area contributed by atoms with E-state index in [4.69, 9.17) is 9.47 Å². The molecule has 0 aliphatic heterocycles. The van der Waals surface area contributed by atoms with Gasteiger partial charge in [-0.1, -0.05) is 60.7 Å². The number of methoxy groups -OCH3 is 1. The van der Waals surface area contributed by atoms with Crippen molar-refractivity contribution in [1.29, 1.82) is 0 Å². The summed E-state index contributed by atoms with van der Waals surface area (Å²) in [5, 5.41) is 9.73. The van der Waals surface area contributed by atoms with E-state index in [1.807, 2.05) is 60.7 Å². The molecule has 0 aromatic heterocycles. The first-order valence-corrected chi connectivity index (χ1v) is 12.0. The molecule has 3 aromatic rings. The average molecular weight is 483 g/mol. The van der Waals surface area contributed by atoms with Crippen LogP contribution in [0.2, 0.25) is 0 Å². The zero-order valence-electron chi connectivity index (χ0n) is 18.6. The first-order valence-electron chi connectivity index (χ1n) is 10.5. The molecule has 8 nitrogen and oxygen atoms in total. The number of carbonyl (C=O) groups is 1. The Morgan fingerprint density at radius 1 is 0.941 bits per heavy atom. The molecule has 3 aromatic carbocycles. The van der Waals surface area contributed by atoms with Crippen LogP contribution >= 0.6 is 0 Å². The van der Waals surface area contributed by atoms with Crippen molar-refractivity contribution < 1.29 is 27.8 Å². The van der Waals surface area contributed by atoms with E-state index >= 15 is 0 Å². The van der Waals surface area contributed by atoms with Crippen molar-refractivity contribution in [2.24, 2.45) is 4.99 Å². The van der Waals surface area contributed by atoms with Gasteiger partial charge >= 0.3 is 5.97 Å². The summed E-state index contributed by atoms with van der Waals surface area (Å²) in [6.07, 6.45) is -0.260. The molecule has 0 amide bonds. The SMILES string of the molecule is COc1ccc(S(=O)(=O)N[C@H](CC(=NCc2ccccc2)OCc2ccccc2)C(=O)O)cc1. The van der Waals surface area contributed by atoms with Crippen LogP contribution in [0.15, 0.2) is 94.8 Å². The Morgan fingerprint density at radius 3 is 2.09 bits per heavy atom. The maximum Gasteiger partial charge on any atom is 0.322 e. The molecule has 0 heterocycles. The minimum atomic E-state index is -4.11. The molecule has 0 saturated carbocycles. The molecule has 0 radical (unpaired) electrons. The van der Waals surface area contributed by atoms with Gasteiger partial charge in [0.25, 0.3) is 0 Å². The van der Waals surface area contributed by atoms with Gasteiger partial charge in [-0.25, -0.2) is 8.42 Å². The van der Waals surface area contributed by atoms with Crippen LogP contribution in [0.25, 0.3) is 0 Å². The lowest BCUT2D eigenvalue weighted by molar-refractivity contribution is -0.138. The second-order valence-corrected chi connectivity index (χ2v) is 9.08. The molecule has 34 heavy (non-hydrogen) atoms. The van der Waals surface area contributed by atoms with Crippen molar-refractivity contribution in [2.45, 2.75) is 30.5 Å². The van der Waals surface area contributed by atoms with Crippen LogP contribution in [-0.2, 0) is 32.7 Å². The minimum Gasteiger partial charge on any atom is -0.497 e. The van der Waals surface area contributed by atoms with Gasteiger partial charge in [-0.15, -0.1) is 0 Å². The van der Waals surface area contributed by atoms with Gasteiger partial charge in [-0.05, 0) is 35.4 Å². The second-order valence-electron chi connectivity index (χ2n) is 7.36. The molecular weight excluding hydrogens is 456 g/mol. The van der Waals surface area contributed by atoms with E-state index in [0.717, 1.165) is 11.1 Å². The zero-order valence-corrected chi connectivity index (χ0v) is 19.4. The molecule has 0 bridgehead atoms. The van der Waals surface area contributed by atoms with Gasteiger partial charge in [-0.3, -0.25) is 9.79 Å². The number of nitrogens with one attached hydrogen (secondary N) is 1. The topological polar surface area (TPSA) is 114 Å². The van der Waals surface area contributed by atoms with Crippen molar-refractivity contribution in [3.05, 3.63) is 96.1 Å². The van der Waals surface area contributed by atoms with Crippen LogP contribution in [0.1, 0.15) is 17.5 Å². The summed E-state index contributed by atoms with van der Waals surface area (Å²) in [6, 6.07) is 22.9. The molecule has 0 aliphatic rings. The number of hydrogen-bond acceptors (Lipinski definition) is 6. The number of aliphatic imine (C=N–C) groups is 1. The minimum absolute atomic E-state index is 0.0764. The number of ether oxygens (including phenoxy) is 2. The van der Waals surface area contributed by atoms with Gasteiger partial charge in [0.15, 0.2) is 5.90 Å². The van der Waals surface area contributed by atoms with E-state index in [1.165, 1.54) is 31.4 Å². The third-order valence-corrected chi connectivity index (χ3v) is 6.36. The van der Waals surface area contributed by atoms with Crippen molar-refractivity contribution >= 4 is 21.9 Å². The first kappa shape index (κ1) is 24.9. The number of benzene rings is 3. The Kier molecular flexibility index (Phi) is 8.78. The summed E-state index contributed by atoms with van der Waals surface area (Å²) >= 11 is 0. The smallest absolute Gasteiger partial charge is 0.322 e. The fraction of sp³-hybridized carbons (Fsp3) is 0.200. The first-order chi connectivity index (χ1) is 16.4. The van der Waals surface area contributed by atoms with E-state index in [9.17, 15) is 18.3 Å². The summed E-state index contributed by atoms with van der Waals surface area (Å²) in [5.41, 5.74) is 1.79. The molecule has 0 saturated heterocycles. The summed E-state index contributed by atoms with van der Waals surface area (Å²) in [5.74, 6) is -0.719. The zero-order chi connectivity index (χ0) is 24.4. The lowest BCUT2D eigenvalue weighted by Gasteiger charge is -2.17. The van der Waals surface area contributed by atoms with E-state index < -0.39 is 22.0 Å². The van der Waals surface area contributed by atoms with Crippen LogP contribution in [0.4, 0.5) is 0 Å². The van der Waals surface area contributed by atoms with E-state index in [-0.39, 0.29) is 30.4 Å².